The molecular weight excluding hydrogens is 181 g/mol. The van der Waals surface area contributed by atoms with Gasteiger partial charge in [0.15, 0.2) is 6.29 Å². The number of carbonyl (C=O) groups excluding carboxylic acids is 1. The molecule has 0 radical (unpaired) electrons. The standard InChI is InChI=1S/C11H8FNO/c12-10-3-1-8(2-4-10)9-5-11(7-14)13-6-9/h1-5,7H,6H2. The van der Waals surface area contributed by atoms with Crippen LogP contribution in [0, 0.1) is 5.82 Å². The summed E-state index contributed by atoms with van der Waals surface area (Å²) in [4.78, 5) is 14.4. The Balaban J connectivity index is 2.27. The van der Waals surface area contributed by atoms with Crippen molar-refractivity contribution in [1.82, 2.24) is 0 Å². The number of nitrogens with zero attached hydrogens (tertiary/aromatic N) is 1. The van der Waals surface area contributed by atoms with Crippen LogP contribution in [0.15, 0.2) is 35.3 Å². The number of halogens is 1. The number of hydrogen-bond donors (Lipinski definition) is 0. The first-order valence-corrected chi connectivity index (χ1v) is 4.26. The fraction of sp³-hybridized carbons (Fsp3) is 0.0909. The van der Waals surface area contributed by atoms with Gasteiger partial charge in [0.25, 0.3) is 0 Å². The van der Waals surface area contributed by atoms with E-state index in [0.29, 0.717) is 12.3 Å². The van der Waals surface area contributed by atoms with Gasteiger partial charge in [0.2, 0.25) is 0 Å². The van der Waals surface area contributed by atoms with Gasteiger partial charge in [-0.25, -0.2) is 4.39 Å². The Bertz CT molecular complexity index is 417. The number of hydrogen-bond acceptors (Lipinski definition) is 2. The van der Waals surface area contributed by atoms with Crippen LogP contribution in [0.2, 0.25) is 0 Å². The summed E-state index contributed by atoms with van der Waals surface area (Å²) < 4.78 is 12.6. The van der Waals surface area contributed by atoms with Crippen molar-refractivity contribution in [3.05, 3.63) is 41.7 Å². The highest BCUT2D eigenvalue weighted by molar-refractivity contribution is 6.36. The Morgan fingerprint density at radius 3 is 2.57 bits per heavy atom. The second-order valence-electron chi connectivity index (χ2n) is 3.04. The lowest BCUT2D eigenvalue weighted by atomic mass is 10.1. The predicted molar refractivity (Wildman–Crippen MR) is 52.7 cm³/mol. The summed E-state index contributed by atoms with van der Waals surface area (Å²) in [6.45, 7) is 0.500. The van der Waals surface area contributed by atoms with E-state index in [1.54, 1.807) is 18.2 Å². The molecule has 2 nitrogen and oxygen atoms in total. The van der Waals surface area contributed by atoms with Crippen LogP contribution in [-0.4, -0.2) is 18.5 Å². The zero-order valence-electron chi connectivity index (χ0n) is 7.40. The Kier molecular flexibility index (Phi) is 2.23. The molecule has 0 aliphatic carbocycles. The highest BCUT2D eigenvalue weighted by atomic mass is 19.1. The molecule has 0 unspecified atom stereocenters. The van der Waals surface area contributed by atoms with Gasteiger partial charge in [-0.2, -0.15) is 0 Å². The molecule has 70 valence electrons. The third-order valence-corrected chi connectivity index (χ3v) is 2.09. The number of rotatable bonds is 2. The quantitative estimate of drug-likeness (QED) is 0.653. The van der Waals surface area contributed by atoms with Crippen LogP contribution < -0.4 is 0 Å². The van der Waals surface area contributed by atoms with Crippen molar-refractivity contribution in [2.75, 3.05) is 6.54 Å². The molecular formula is C11H8FNO. The fourth-order valence-corrected chi connectivity index (χ4v) is 1.36. The number of aldehydes is 1. The third kappa shape index (κ3) is 1.62. The zero-order chi connectivity index (χ0) is 9.97. The molecule has 3 heteroatoms. The first-order chi connectivity index (χ1) is 6.79. The van der Waals surface area contributed by atoms with Crippen LogP contribution in [0.1, 0.15) is 5.56 Å². The summed E-state index contributed by atoms with van der Waals surface area (Å²) in [6.07, 6.45) is 2.44. The number of benzene rings is 1. The second kappa shape index (κ2) is 3.54. The molecule has 0 bridgehead atoms. The molecule has 1 aromatic carbocycles. The van der Waals surface area contributed by atoms with Gasteiger partial charge in [-0.15, -0.1) is 0 Å². The molecule has 14 heavy (non-hydrogen) atoms. The van der Waals surface area contributed by atoms with Gasteiger partial charge in [-0.3, -0.25) is 9.79 Å². The molecule has 0 spiro atoms. The van der Waals surface area contributed by atoms with Gasteiger partial charge in [-0.05, 0) is 29.3 Å². The van der Waals surface area contributed by atoms with E-state index >= 15 is 0 Å². The number of allylic oxidation sites excluding steroid dienone is 1. The van der Waals surface area contributed by atoms with E-state index in [0.717, 1.165) is 17.4 Å². The molecule has 1 heterocycles. The van der Waals surface area contributed by atoms with Gasteiger partial charge in [0.1, 0.15) is 5.82 Å². The predicted octanol–water partition coefficient (Wildman–Crippen LogP) is 1.86. The summed E-state index contributed by atoms with van der Waals surface area (Å²) in [7, 11) is 0. The smallest absolute Gasteiger partial charge is 0.167 e. The van der Waals surface area contributed by atoms with E-state index in [4.69, 9.17) is 0 Å². The summed E-state index contributed by atoms with van der Waals surface area (Å²) in [6, 6.07) is 6.17. The van der Waals surface area contributed by atoms with Crippen LogP contribution in [0.4, 0.5) is 4.39 Å². The van der Waals surface area contributed by atoms with Crippen LogP contribution in [0.5, 0.6) is 0 Å². The molecule has 0 amide bonds. The first-order valence-electron chi connectivity index (χ1n) is 4.26. The van der Waals surface area contributed by atoms with E-state index in [1.807, 2.05) is 0 Å². The SMILES string of the molecule is O=CC1=NCC(c2ccc(F)cc2)=C1. The minimum Gasteiger partial charge on any atom is -0.296 e. The topological polar surface area (TPSA) is 29.4 Å². The van der Waals surface area contributed by atoms with Gasteiger partial charge >= 0.3 is 0 Å². The molecule has 0 saturated carbocycles. The summed E-state index contributed by atoms with van der Waals surface area (Å²) in [5.41, 5.74) is 2.31. The van der Waals surface area contributed by atoms with E-state index < -0.39 is 0 Å². The van der Waals surface area contributed by atoms with Crippen molar-refractivity contribution in [3.63, 3.8) is 0 Å². The van der Waals surface area contributed by atoms with Gasteiger partial charge in [0.05, 0.1) is 12.3 Å². The molecule has 0 aromatic heterocycles. The maximum atomic E-state index is 12.6. The van der Waals surface area contributed by atoms with Crippen molar-refractivity contribution < 1.29 is 9.18 Å². The molecule has 1 aliphatic heterocycles. The van der Waals surface area contributed by atoms with E-state index in [1.165, 1.54) is 12.1 Å². The second-order valence-corrected chi connectivity index (χ2v) is 3.04. The minimum absolute atomic E-state index is 0.260. The lowest BCUT2D eigenvalue weighted by Gasteiger charge is -1.99. The average molecular weight is 189 g/mol. The molecule has 1 aromatic rings. The molecule has 0 saturated heterocycles. The minimum atomic E-state index is -0.260. The van der Waals surface area contributed by atoms with Crippen LogP contribution >= 0.6 is 0 Å². The number of aliphatic imine (C=N–C) groups is 1. The molecule has 0 fully saturated rings. The van der Waals surface area contributed by atoms with E-state index in [2.05, 4.69) is 4.99 Å². The maximum Gasteiger partial charge on any atom is 0.167 e. The Morgan fingerprint density at radius 2 is 2.00 bits per heavy atom. The fourth-order valence-electron chi connectivity index (χ4n) is 1.36. The third-order valence-electron chi connectivity index (χ3n) is 2.09. The van der Waals surface area contributed by atoms with Crippen LogP contribution in [-0.2, 0) is 4.79 Å². The Labute approximate surface area is 80.8 Å². The highest BCUT2D eigenvalue weighted by Gasteiger charge is 2.08. The maximum absolute atomic E-state index is 12.6. The summed E-state index contributed by atoms with van der Waals surface area (Å²) >= 11 is 0. The molecule has 2 rings (SSSR count). The van der Waals surface area contributed by atoms with Gasteiger partial charge < -0.3 is 0 Å². The van der Waals surface area contributed by atoms with Crippen LogP contribution in [0.3, 0.4) is 0 Å². The summed E-state index contributed by atoms with van der Waals surface area (Å²) in [5.74, 6) is -0.260. The van der Waals surface area contributed by atoms with Crippen LogP contribution in [0.25, 0.3) is 5.57 Å². The van der Waals surface area contributed by atoms with Crippen molar-refractivity contribution in [3.8, 4) is 0 Å². The van der Waals surface area contributed by atoms with Crippen molar-refractivity contribution >= 4 is 17.6 Å². The Hall–Kier alpha value is -1.77. The lowest BCUT2D eigenvalue weighted by Crippen LogP contribution is -1.89. The average Bonchev–Trinajstić information content (AvgIpc) is 2.67. The van der Waals surface area contributed by atoms with Crippen molar-refractivity contribution in [1.29, 1.82) is 0 Å². The first kappa shape index (κ1) is 8.81. The largest absolute Gasteiger partial charge is 0.296 e. The summed E-state index contributed by atoms with van der Waals surface area (Å²) in [5, 5.41) is 0. The van der Waals surface area contributed by atoms with Crippen molar-refractivity contribution in [2.45, 2.75) is 0 Å². The highest BCUT2D eigenvalue weighted by Crippen LogP contribution is 2.18. The number of carbonyl (C=O) groups is 1. The lowest BCUT2D eigenvalue weighted by molar-refractivity contribution is -0.102. The zero-order valence-corrected chi connectivity index (χ0v) is 7.40. The molecule has 1 aliphatic rings. The normalized spacial score (nSPS) is 14.9. The van der Waals surface area contributed by atoms with Crippen molar-refractivity contribution in [2.24, 2.45) is 4.99 Å². The Morgan fingerprint density at radius 1 is 1.29 bits per heavy atom. The molecule has 0 N–H and O–H groups in total. The van der Waals surface area contributed by atoms with E-state index in [-0.39, 0.29) is 5.82 Å². The molecule has 0 atom stereocenters. The van der Waals surface area contributed by atoms with Gasteiger partial charge in [-0.1, -0.05) is 12.1 Å². The van der Waals surface area contributed by atoms with Gasteiger partial charge in [0, 0.05) is 0 Å². The van der Waals surface area contributed by atoms with E-state index in [9.17, 15) is 9.18 Å². The monoisotopic (exact) mass is 189 g/mol.